The van der Waals surface area contributed by atoms with Gasteiger partial charge in [-0.25, -0.2) is 4.79 Å². The van der Waals surface area contributed by atoms with Crippen LogP contribution in [0.3, 0.4) is 0 Å². The number of H-pyrrole nitrogens is 2. The van der Waals surface area contributed by atoms with Gasteiger partial charge in [-0.15, -0.1) is 0 Å². The monoisotopic (exact) mass is 238 g/mol. The molecule has 92 valence electrons. The lowest BCUT2D eigenvalue weighted by Gasteiger charge is -2.31. The minimum atomic E-state index is -0.663. The minimum Gasteiger partial charge on any atom is -0.335 e. The predicted molar refractivity (Wildman–Crippen MR) is 61.1 cm³/mol. The number of amides is 1. The number of nitrogens with zero attached hydrogens (tertiary/aromatic N) is 1. The maximum absolute atomic E-state index is 12.0. The molecule has 1 saturated heterocycles. The molecule has 2 heterocycles. The predicted octanol–water partition coefficient (Wildman–Crippen LogP) is -1.50. The Kier molecular flexibility index (Phi) is 3.10. The molecule has 7 heteroatoms. The van der Waals surface area contributed by atoms with E-state index in [1.54, 1.807) is 4.90 Å². The third kappa shape index (κ3) is 2.62. The standard InChI is InChI=1S/C10H14N4O3/c1-6-5-14(3-2-11-6)9(16)7-4-8(15)13-10(17)12-7/h4,6,11H,2-3,5H2,1H3,(H2,12,13,15,17). The second-order valence-electron chi connectivity index (χ2n) is 4.11. The van der Waals surface area contributed by atoms with Crippen LogP contribution in [-0.2, 0) is 0 Å². The van der Waals surface area contributed by atoms with E-state index < -0.39 is 11.2 Å². The molecular formula is C10H14N4O3. The van der Waals surface area contributed by atoms with E-state index in [2.05, 4.69) is 10.3 Å². The zero-order valence-electron chi connectivity index (χ0n) is 9.45. The number of hydrogen-bond acceptors (Lipinski definition) is 4. The summed E-state index contributed by atoms with van der Waals surface area (Å²) in [5, 5.41) is 3.21. The molecule has 0 spiro atoms. The highest BCUT2D eigenvalue weighted by Crippen LogP contribution is 2.03. The van der Waals surface area contributed by atoms with E-state index >= 15 is 0 Å². The zero-order valence-corrected chi connectivity index (χ0v) is 9.45. The summed E-state index contributed by atoms with van der Waals surface area (Å²) in [5.74, 6) is -0.318. The summed E-state index contributed by atoms with van der Waals surface area (Å²) >= 11 is 0. The fourth-order valence-corrected chi connectivity index (χ4v) is 1.87. The molecule has 1 aromatic rings. The van der Waals surface area contributed by atoms with Crippen LogP contribution < -0.4 is 16.6 Å². The van der Waals surface area contributed by atoms with Crippen molar-refractivity contribution < 1.29 is 4.79 Å². The smallest absolute Gasteiger partial charge is 0.326 e. The van der Waals surface area contributed by atoms with Crippen LogP contribution in [0, 0.1) is 0 Å². The Labute approximate surface area is 96.8 Å². The minimum absolute atomic E-state index is 0.0350. The first kappa shape index (κ1) is 11.6. The van der Waals surface area contributed by atoms with Gasteiger partial charge in [-0.1, -0.05) is 0 Å². The third-order valence-electron chi connectivity index (χ3n) is 2.65. The molecule has 7 nitrogen and oxygen atoms in total. The van der Waals surface area contributed by atoms with Crippen molar-refractivity contribution in [1.82, 2.24) is 20.2 Å². The van der Waals surface area contributed by atoms with Gasteiger partial charge in [0.2, 0.25) is 0 Å². The Bertz CT molecular complexity index is 505. The molecule has 1 atom stereocenters. The number of aromatic amines is 2. The second kappa shape index (κ2) is 4.54. The van der Waals surface area contributed by atoms with Crippen molar-refractivity contribution in [2.75, 3.05) is 19.6 Å². The van der Waals surface area contributed by atoms with Crippen molar-refractivity contribution in [2.45, 2.75) is 13.0 Å². The first-order valence-corrected chi connectivity index (χ1v) is 5.42. The molecular weight excluding hydrogens is 224 g/mol. The van der Waals surface area contributed by atoms with Gasteiger partial charge in [0.1, 0.15) is 5.69 Å². The SMILES string of the molecule is CC1CN(C(=O)c2cc(=O)[nH]c(=O)[nH]2)CCN1. The molecule has 1 aromatic heterocycles. The third-order valence-corrected chi connectivity index (χ3v) is 2.65. The normalized spacial score (nSPS) is 20.3. The van der Waals surface area contributed by atoms with Crippen LogP contribution in [0.15, 0.2) is 15.7 Å². The lowest BCUT2D eigenvalue weighted by atomic mass is 10.2. The highest BCUT2D eigenvalue weighted by Gasteiger charge is 2.22. The van der Waals surface area contributed by atoms with Crippen LogP contribution in [0.5, 0.6) is 0 Å². The van der Waals surface area contributed by atoms with Crippen LogP contribution in [-0.4, -0.2) is 46.5 Å². The Balaban J connectivity index is 2.24. The molecule has 0 aliphatic carbocycles. The lowest BCUT2D eigenvalue weighted by Crippen LogP contribution is -2.51. The van der Waals surface area contributed by atoms with Gasteiger partial charge < -0.3 is 15.2 Å². The van der Waals surface area contributed by atoms with E-state index in [-0.39, 0.29) is 17.6 Å². The summed E-state index contributed by atoms with van der Waals surface area (Å²) in [6, 6.07) is 1.32. The number of aromatic nitrogens is 2. The van der Waals surface area contributed by atoms with E-state index in [1.165, 1.54) is 0 Å². The first-order valence-electron chi connectivity index (χ1n) is 5.42. The van der Waals surface area contributed by atoms with Gasteiger partial charge in [-0.2, -0.15) is 0 Å². The van der Waals surface area contributed by atoms with Crippen LogP contribution >= 0.6 is 0 Å². The van der Waals surface area contributed by atoms with Gasteiger partial charge in [0.05, 0.1) is 0 Å². The van der Waals surface area contributed by atoms with Gasteiger partial charge in [0.25, 0.3) is 11.5 Å². The maximum Gasteiger partial charge on any atom is 0.326 e. The summed E-state index contributed by atoms with van der Waals surface area (Å²) in [7, 11) is 0. The number of piperazine rings is 1. The van der Waals surface area contributed by atoms with Crippen molar-refractivity contribution in [3.05, 3.63) is 32.6 Å². The molecule has 0 radical (unpaired) electrons. The molecule has 2 rings (SSSR count). The Hall–Kier alpha value is -1.89. The molecule has 1 fully saturated rings. The maximum atomic E-state index is 12.0. The Morgan fingerprint density at radius 3 is 2.82 bits per heavy atom. The average molecular weight is 238 g/mol. The van der Waals surface area contributed by atoms with E-state index in [4.69, 9.17) is 0 Å². The number of hydrogen-bond donors (Lipinski definition) is 3. The molecule has 0 bridgehead atoms. The highest BCUT2D eigenvalue weighted by atomic mass is 16.2. The summed E-state index contributed by atoms with van der Waals surface area (Å²) in [6.45, 7) is 3.81. The molecule has 0 aromatic carbocycles. The van der Waals surface area contributed by atoms with Crippen molar-refractivity contribution in [3.63, 3.8) is 0 Å². The molecule has 1 unspecified atom stereocenters. The first-order chi connectivity index (χ1) is 8.06. The van der Waals surface area contributed by atoms with Crippen molar-refractivity contribution in [1.29, 1.82) is 0 Å². The summed E-state index contributed by atoms with van der Waals surface area (Å²) < 4.78 is 0. The number of rotatable bonds is 1. The van der Waals surface area contributed by atoms with E-state index in [9.17, 15) is 14.4 Å². The topological polar surface area (TPSA) is 98.1 Å². The van der Waals surface area contributed by atoms with Crippen LogP contribution in [0.25, 0.3) is 0 Å². The Morgan fingerprint density at radius 2 is 2.18 bits per heavy atom. The molecule has 3 N–H and O–H groups in total. The number of carbonyl (C=O) groups is 1. The molecule has 1 aliphatic heterocycles. The van der Waals surface area contributed by atoms with Gasteiger partial charge in [-0.3, -0.25) is 14.6 Å². The van der Waals surface area contributed by atoms with Gasteiger partial charge in [-0.05, 0) is 6.92 Å². The largest absolute Gasteiger partial charge is 0.335 e. The molecule has 0 saturated carbocycles. The van der Waals surface area contributed by atoms with Crippen molar-refractivity contribution in [3.8, 4) is 0 Å². The quantitative estimate of drug-likeness (QED) is 0.554. The van der Waals surface area contributed by atoms with Crippen molar-refractivity contribution in [2.24, 2.45) is 0 Å². The Morgan fingerprint density at radius 1 is 1.41 bits per heavy atom. The molecule has 1 amide bonds. The van der Waals surface area contributed by atoms with Crippen molar-refractivity contribution >= 4 is 5.91 Å². The average Bonchev–Trinajstić information content (AvgIpc) is 2.26. The van der Waals surface area contributed by atoms with Gasteiger partial charge in [0.15, 0.2) is 0 Å². The van der Waals surface area contributed by atoms with Gasteiger partial charge in [0, 0.05) is 31.7 Å². The fraction of sp³-hybridized carbons (Fsp3) is 0.500. The highest BCUT2D eigenvalue weighted by molar-refractivity contribution is 5.92. The van der Waals surface area contributed by atoms with Crippen LogP contribution in [0.1, 0.15) is 17.4 Å². The van der Waals surface area contributed by atoms with E-state index in [1.807, 2.05) is 11.9 Å². The number of nitrogens with one attached hydrogen (secondary N) is 3. The summed E-state index contributed by atoms with van der Waals surface area (Å²) in [5.41, 5.74) is -1.20. The molecule has 1 aliphatic rings. The van der Waals surface area contributed by atoms with Crippen LogP contribution in [0.4, 0.5) is 0 Å². The number of carbonyl (C=O) groups excluding carboxylic acids is 1. The zero-order chi connectivity index (χ0) is 12.4. The summed E-state index contributed by atoms with van der Waals surface area (Å²) in [4.78, 5) is 40.2. The lowest BCUT2D eigenvalue weighted by molar-refractivity contribution is 0.0702. The fourth-order valence-electron chi connectivity index (χ4n) is 1.87. The van der Waals surface area contributed by atoms with E-state index in [0.717, 1.165) is 6.07 Å². The van der Waals surface area contributed by atoms with Gasteiger partial charge >= 0.3 is 5.69 Å². The van der Waals surface area contributed by atoms with Crippen LogP contribution in [0.2, 0.25) is 0 Å². The summed E-state index contributed by atoms with van der Waals surface area (Å²) in [6.07, 6.45) is 0. The molecule has 17 heavy (non-hydrogen) atoms. The second-order valence-corrected chi connectivity index (χ2v) is 4.11. The van der Waals surface area contributed by atoms with E-state index in [0.29, 0.717) is 19.6 Å².